The number of carbonyl (C=O) groups is 1. The lowest BCUT2D eigenvalue weighted by atomic mass is 10.2. The number of rotatable bonds is 3. The van der Waals surface area contributed by atoms with Gasteiger partial charge in [0.2, 0.25) is 0 Å². The number of benzene rings is 2. The lowest BCUT2D eigenvalue weighted by Crippen LogP contribution is -2.12. The third kappa shape index (κ3) is 3.62. The molecule has 0 radical (unpaired) electrons. The van der Waals surface area contributed by atoms with Gasteiger partial charge in [0, 0.05) is 10.7 Å². The van der Waals surface area contributed by atoms with E-state index in [4.69, 9.17) is 23.2 Å². The fraction of sp³-hybridized carbons (Fsp3) is 0.0625. The van der Waals surface area contributed by atoms with Gasteiger partial charge in [-0.15, -0.1) is 0 Å². The van der Waals surface area contributed by atoms with Crippen LogP contribution in [0.2, 0.25) is 5.02 Å². The zero-order valence-electron chi connectivity index (χ0n) is 10.9. The number of nitrogens with one attached hydrogen (secondary N) is 1. The van der Waals surface area contributed by atoms with Gasteiger partial charge < -0.3 is 5.32 Å². The average Bonchev–Trinajstić information content (AvgIpc) is 2.45. The lowest BCUT2D eigenvalue weighted by molar-refractivity contribution is -0.112. The first kappa shape index (κ1) is 14.6. The summed E-state index contributed by atoms with van der Waals surface area (Å²) in [5, 5.41) is 3.47. The smallest absolute Gasteiger partial charge is 0.267 e. The van der Waals surface area contributed by atoms with E-state index in [1.807, 2.05) is 37.3 Å². The monoisotopic (exact) mass is 305 g/mol. The Hall–Kier alpha value is -1.77. The molecule has 0 aliphatic carbocycles. The summed E-state index contributed by atoms with van der Waals surface area (Å²) in [6.45, 7) is 1.84. The molecular weight excluding hydrogens is 293 g/mol. The SMILES string of the molecule is Cc1c(Cl)cccc1NC(=O)C(Cl)=Cc1ccccc1. The van der Waals surface area contributed by atoms with Gasteiger partial charge in [0.25, 0.3) is 5.91 Å². The molecule has 0 saturated heterocycles. The Kier molecular flexibility index (Phi) is 4.83. The topological polar surface area (TPSA) is 29.1 Å². The molecule has 0 unspecified atom stereocenters. The van der Waals surface area contributed by atoms with Gasteiger partial charge >= 0.3 is 0 Å². The number of amides is 1. The van der Waals surface area contributed by atoms with E-state index in [1.54, 1.807) is 24.3 Å². The van der Waals surface area contributed by atoms with Crippen LogP contribution in [0, 0.1) is 6.92 Å². The van der Waals surface area contributed by atoms with E-state index in [9.17, 15) is 4.79 Å². The summed E-state index contributed by atoms with van der Waals surface area (Å²) in [5.41, 5.74) is 2.34. The Balaban J connectivity index is 2.16. The van der Waals surface area contributed by atoms with E-state index >= 15 is 0 Å². The van der Waals surface area contributed by atoms with Gasteiger partial charge in [-0.3, -0.25) is 4.79 Å². The predicted octanol–water partition coefficient (Wildman–Crippen LogP) is 4.87. The van der Waals surface area contributed by atoms with E-state index < -0.39 is 0 Å². The van der Waals surface area contributed by atoms with Crippen molar-refractivity contribution in [2.45, 2.75) is 6.92 Å². The molecule has 2 aromatic carbocycles. The maximum absolute atomic E-state index is 12.0. The van der Waals surface area contributed by atoms with Crippen LogP contribution in [-0.4, -0.2) is 5.91 Å². The van der Waals surface area contributed by atoms with Gasteiger partial charge in [-0.05, 0) is 36.3 Å². The number of halogens is 2. The van der Waals surface area contributed by atoms with Gasteiger partial charge in [-0.1, -0.05) is 59.6 Å². The second kappa shape index (κ2) is 6.60. The van der Waals surface area contributed by atoms with Crippen LogP contribution < -0.4 is 5.32 Å². The van der Waals surface area contributed by atoms with Crippen molar-refractivity contribution in [2.24, 2.45) is 0 Å². The molecule has 0 aliphatic heterocycles. The Morgan fingerprint density at radius 3 is 2.50 bits per heavy atom. The molecule has 2 rings (SSSR count). The largest absolute Gasteiger partial charge is 0.321 e. The first-order valence-corrected chi connectivity index (χ1v) is 6.82. The van der Waals surface area contributed by atoms with E-state index in [0.717, 1.165) is 11.1 Å². The number of anilines is 1. The van der Waals surface area contributed by atoms with E-state index in [-0.39, 0.29) is 10.9 Å². The Morgan fingerprint density at radius 1 is 1.10 bits per heavy atom. The predicted molar refractivity (Wildman–Crippen MR) is 85.1 cm³/mol. The van der Waals surface area contributed by atoms with Crippen molar-refractivity contribution in [2.75, 3.05) is 5.32 Å². The summed E-state index contributed by atoms with van der Waals surface area (Å²) in [7, 11) is 0. The zero-order valence-corrected chi connectivity index (χ0v) is 12.4. The van der Waals surface area contributed by atoms with Crippen LogP contribution in [0.5, 0.6) is 0 Å². The first-order valence-electron chi connectivity index (χ1n) is 6.06. The molecule has 4 heteroatoms. The molecule has 0 heterocycles. The summed E-state index contributed by atoms with van der Waals surface area (Å²) in [5.74, 6) is -0.360. The van der Waals surface area contributed by atoms with Crippen molar-refractivity contribution in [3.05, 3.63) is 69.7 Å². The highest BCUT2D eigenvalue weighted by molar-refractivity contribution is 6.45. The van der Waals surface area contributed by atoms with E-state index in [2.05, 4.69) is 5.32 Å². The summed E-state index contributed by atoms with van der Waals surface area (Å²) in [6, 6.07) is 14.8. The van der Waals surface area contributed by atoms with Crippen LogP contribution in [0.3, 0.4) is 0 Å². The van der Waals surface area contributed by atoms with Crippen LogP contribution in [0.25, 0.3) is 6.08 Å². The Bertz CT molecular complexity index is 651. The molecule has 0 atom stereocenters. The van der Waals surface area contributed by atoms with E-state index in [1.165, 1.54) is 0 Å². The van der Waals surface area contributed by atoms with Crippen molar-refractivity contribution in [1.82, 2.24) is 0 Å². The first-order chi connectivity index (χ1) is 9.58. The number of hydrogen-bond donors (Lipinski definition) is 1. The van der Waals surface area contributed by atoms with E-state index in [0.29, 0.717) is 10.7 Å². The van der Waals surface area contributed by atoms with Crippen molar-refractivity contribution < 1.29 is 4.79 Å². The third-order valence-corrected chi connectivity index (χ3v) is 3.52. The molecule has 1 amide bonds. The van der Waals surface area contributed by atoms with Crippen molar-refractivity contribution in [1.29, 1.82) is 0 Å². The molecule has 0 fully saturated rings. The second-order valence-electron chi connectivity index (χ2n) is 4.27. The summed E-state index contributed by atoms with van der Waals surface area (Å²) in [6.07, 6.45) is 1.62. The van der Waals surface area contributed by atoms with Gasteiger partial charge in [-0.25, -0.2) is 0 Å². The molecular formula is C16H13Cl2NO. The fourth-order valence-electron chi connectivity index (χ4n) is 1.69. The molecule has 0 saturated carbocycles. The maximum atomic E-state index is 12.0. The summed E-state index contributed by atoms with van der Waals surface area (Å²) >= 11 is 12.0. The molecule has 0 aromatic heterocycles. The van der Waals surface area contributed by atoms with Gasteiger partial charge in [0.15, 0.2) is 0 Å². The minimum atomic E-state index is -0.360. The molecule has 2 nitrogen and oxygen atoms in total. The minimum absolute atomic E-state index is 0.121. The normalized spacial score (nSPS) is 11.2. The molecule has 20 heavy (non-hydrogen) atoms. The third-order valence-electron chi connectivity index (χ3n) is 2.83. The summed E-state index contributed by atoms with van der Waals surface area (Å²) in [4.78, 5) is 12.0. The molecule has 0 spiro atoms. The van der Waals surface area contributed by atoms with Crippen LogP contribution in [-0.2, 0) is 4.79 Å². The van der Waals surface area contributed by atoms with Crippen LogP contribution >= 0.6 is 23.2 Å². The quantitative estimate of drug-likeness (QED) is 0.806. The molecule has 0 bridgehead atoms. The second-order valence-corrected chi connectivity index (χ2v) is 5.08. The minimum Gasteiger partial charge on any atom is -0.321 e. The molecule has 0 aliphatic rings. The number of hydrogen-bond acceptors (Lipinski definition) is 1. The highest BCUT2D eigenvalue weighted by Gasteiger charge is 2.09. The fourth-order valence-corrected chi connectivity index (χ4v) is 2.03. The maximum Gasteiger partial charge on any atom is 0.267 e. The average molecular weight is 306 g/mol. The number of carbonyl (C=O) groups excluding carboxylic acids is 1. The van der Waals surface area contributed by atoms with Crippen LogP contribution in [0.4, 0.5) is 5.69 Å². The molecule has 102 valence electrons. The van der Waals surface area contributed by atoms with Gasteiger partial charge in [0.1, 0.15) is 5.03 Å². The van der Waals surface area contributed by atoms with Crippen LogP contribution in [0.1, 0.15) is 11.1 Å². The highest BCUT2D eigenvalue weighted by atomic mass is 35.5. The van der Waals surface area contributed by atoms with Crippen LogP contribution in [0.15, 0.2) is 53.6 Å². The lowest BCUT2D eigenvalue weighted by Gasteiger charge is -2.08. The van der Waals surface area contributed by atoms with Crippen molar-refractivity contribution in [3.63, 3.8) is 0 Å². The summed E-state index contributed by atoms with van der Waals surface area (Å²) < 4.78 is 0. The van der Waals surface area contributed by atoms with Gasteiger partial charge in [0.05, 0.1) is 0 Å². The van der Waals surface area contributed by atoms with Crippen molar-refractivity contribution in [3.8, 4) is 0 Å². The Morgan fingerprint density at radius 2 is 1.80 bits per heavy atom. The van der Waals surface area contributed by atoms with Crippen molar-refractivity contribution >= 4 is 40.9 Å². The zero-order chi connectivity index (χ0) is 14.5. The highest BCUT2D eigenvalue weighted by Crippen LogP contribution is 2.24. The standard InChI is InChI=1S/C16H13Cl2NO/c1-11-13(17)8-5-9-15(11)19-16(20)14(18)10-12-6-3-2-4-7-12/h2-10H,1H3,(H,19,20). The Labute approximate surface area is 128 Å². The molecule has 2 aromatic rings. The van der Waals surface area contributed by atoms with Gasteiger partial charge in [-0.2, -0.15) is 0 Å². The molecule has 1 N–H and O–H groups in total.